The summed E-state index contributed by atoms with van der Waals surface area (Å²) in [6.45, 7) is 0.540. The van der Waals surface area contributed by atoms with E-state index < -0.39 is 0 Å². The highest BCUT2D eigenvalue weighted by atomic mass is 32.1. The fourth-order valence-electron chi connectivity index (χ4n) is 1.74. The lowest BCUT2D eigenvalue weighted by molar-refractivity contribution is 0.0949. The van der Waals surface area contributed by atoms with Crippen molar-refractivity contribution in [3.05, 3.63) is 52.7 Å². The van der Waals surface area contributed by atoms with E-state index in [-0.39, 0.29) is 5.91 Å². The zero-order valence-corrected chi connectivity index (χ0v) is 12.2. The van der Waals surface area contributed by atoms with Gasteiger partial charge >= 0.3 is 0 Å². The van der Waals surface area contributed by atoms with Crippen LogP contribution in [0.1, 0.15) is 16.2 Å². The number of nitrogens with one attached hydrogen (secondary N) is 1. The molecule has 3 rings (SSSR count). The maximum absolute atomic E-state index is 12.0. The van der Waals surface area contributed by atoms with Crippen LogP contribution in [0.4, 0.5) is 0 Å². The predicted octanol–water partition coefficient (Wildman–Crippen LogP) is 3.44. The number of thiazole rings is 1. The van der Waals surface area contributed by atoms with Crippen LogP contribution in [0.3, 0.4) is 0 Å². The van der Waals surface area contributed by atoms with Gasteiger partial charge in [0.05, 0.1) is 11.1 Å². The van der Waals surface area contributed by atoms with Crippen LogP contribution in [0.2, 0.25) is 0 Å². The molecule has 0 saturated heterocycles. The normalized spacial score (nSPS) is 10.6. The van der Waals surface area contributed by atoms with E-state index in [9.17, 15) is 4.79 Å². The SMILES string of the molecule is O=C(NCCc1ccco1)c1csc(-c2cccs2)n1. The Morgan fingerprint density at radius 1 is 1.30 bits per heavy atom. The second kappa shape index (κ2) is 6.02. The molecule has 0 atom stereocenters. The average Bonchev–Trinajstić information content (AvgIpc) is 3.20. The number of thiophene rings is 1. The summed E-state index contributed by atoms with van der Waals surface area (Å²) in [6.07, 6.45) is 2.31. The van der Waals surface area contributed by atoms with E-state index >= 15 is 0 Å². The van der Waals surface area contributed by atoms with Crippen molar-refractivity contribution in [2.75, 3.05) is 6.54 Å². The second-order valence-electron chi connectivity index (χ2n) is 4.10. The van der Waals surface area contributed by atoms with Crippen LogP contribution in [-0.2, 0) is 6.42 Å². The number of carbonyl (C=O) groups is 1. The quantitative estimate of drug-likeness (QED) is 0.785. The van der Waals surface area contributed by atoms with Crippen molar-refractivity contribution in [1.82, 2.24) is 10.3 Å². The van der Waals surface area contributed by atoms with E-state index in [0.29, 0.717) is 18.7 Å². The highest BCUT2D eigenvalue weighted by Gasteiger charge is 2.12. The Kier molecular flexibility index (Phi) is 3.94. The number of hydrogen-bond donors (Lipinski definition) is 1. The first-order valence-electron chi connectivity index (χ1n) is 6.13. The van der Waals surface area contributed by atoms with Gasteiger partial charge in [0, 0.05) is 18.3 Å². The molecule has 4 nitrogen and oxygen atoms in total. The zero-order chi connectivity index (χ0) is 13.8. The molecule has 0 fully saturated rings. The summed E-state index contributed by atoms with van der Waals surface area (Å²) >= 11 is 3.11. The Morgan fingerprint density at radius 2 is 2.25 bits per heavy atom. The van der Waals surface area contributed by atoms with Crippen LogP contribution in [-0.4, -0.2) is 17.4 Å². The van der Waals surface area contributed by atoms with Crippen LogP contribution in [0.5, 0.6) is 0 Å². The molecule has 6 heteroatoms. The van der Waals surface area contributed by atoms with Gasteiger partial charge in [-0.3, -0.25) is 4.79 Å². The third-order valence-corrected chi connectivity index (χ3v) is 4.59. The highest BCUT2D eigenvalue weighted by Crippen LogP contribution is 2.27. The monoisotopic (exact) mass is 304 g/mol. The molecule has 0 spiro atoms. The van der Waals surface area contributed by atoms with Crippen molar-refractivity contribution in [3.8, 4) is 9.88 Å². The first-order chi connectivity index (χ1) is 9.83. The van der Waals surface area contributed by atoms with Crippen molar-refractivity contribution >= 4 is 28.6 Å². The minimum atomic E-state index is -0.143. The van der Waals surface area contributed by atoms with Gasteiger partial charge in [0.25, 0.3) is 5.91 Å². The summed E-state index contributed by atoms with van der Waals surface area (Å²) in [5.74, 6) is 0.721. The molecule has 102 valence electrons. The van der Waals surface area contributed by atoms with Crippen molar-refractivity contribution in [3.63, 3.8) is 0 Å². The van der Waals surface area contributed by atoms with Crippen molar-refractivity contribution in [2.45, 2.75) is 6.42 Å². The maximum Gasteiger partial charge on any atom is 0.270 e. The smallest absolute Gasteiger partial charge is 0.270 e. The summed E-state index contributed by atoms with van der Waals surface area (Å²) in [5, 5.41) is 7.52. The summed E-state index contributed by atoms with van der Waals surface area (Å²) in [6, 6.07) is 7.71. The van der Waals surface area contributed by atoms with Crippen LogP contribution in [0, 0.1) is 0 Å². The molecule has 20 heavy (non-hydrogen) atoms. The van der Waals surface area contributed by atoms with Gasteiger partial charge in [-0.25, -0.2) is 4.98 Å². The molecule has 3 heterocycles. The fourth-order valence-corrected chi connectivity index (χ4v) is 3.35. The van der Waals surface area contributed by atoms with Gasteiger partial charge in [-0.1, -0.05) is 6.07 Å². The van der Waals surface area contributed by atoms with E-state index in [1.807, 2.05) is 29.6 Å². The Hall–Kier alpha value is -1.92. The van der Waals surface area contributed by atoms with E-state index in [1.165, 1.54) is 11.3 Å². The average molecular weight is 304 g/mol. The molecule has 0 aromatic carbocycles. The standard InChI is InChI=1S/C14H12N2O2S2/c17-13(15-6-5-10-3-1-7-18-10)11-9-20-14(16-11)12-4-2-8-19-12/h1-4,7-9H,5-6H2,(H,15,17). The third kappa shape index (κ3) is 2.97. The van der Waals surface area contributed by atoms with E-state index in [1.54, 1.807) is 23.0 Å². The summed E-state index contributed by atoms with van der Waals surface area (Å²) in [4.78, 5) is 17.4. The number of nitrogens with zero attached hydrogens (tertiary/aromatic N) is 1. The van der Waals surface area contributed by atoms with Crippen molar-refractivity contribution < 1.29 is 9.21 Å². The minimum Gasteiger partial charge on any atom is -0.469 e. The molecular weight excluding hydrogens is 292 g/mol. The number of amides is 1. The number of carbonyl (C=O) groups excluding carboxylic acids is 1. The van der Waals surface area contributed by atoms with Crippen LogP contribution in [0.15, 0.2) is 45.7 Å². The Labute approximate surface area is 124 Å². The highest BCUT2D eigenvalue weighted by molar-refractivity contribution is 7.20. The Morgan fingerprint density at radius 3 is 3.00 bits per heavy atom. The third-order valence-electron chi connectivity index (χ3n) is 2.71. The van der Waals surface area contributed by atoms with Gasteiger partial charge in [-0.15, -0.1) is 22.7 Å². The molecule has 0 radical (unpaired) electrons. The number of aromatic nitrogens is 1. The number of rotatable bonds is 5. The van der Waals surface area contributed by atoms with Gasteiger partial charge in [0.15, 0.2) is 0 Å². The van der Waals surface area contributed by atoms with Gasteiger partial charge in [0.1, 0.15) is 16.5 Å². The van der Waals surface area contributed by atoms with Gasteiger partial charge in [-0.2, -0.15) is 0 Å². The Balaban J connectivity index is 1.57. The number of furan rings is 1. The maximum atomic E-state index is 12.0. The van der Waals surface area contributed by atoms with Crippen LogP contribution < -0.4 is 5.32 Å². The molecule has 0 aliphatic carbocycles. The van der Waals surface area contributed by atoms with Gasteiger partial charge in [-0.05, 0) is 23.6 Å². The van der Waals surface area contributed by atoms with E-state index in [2.05, 4.69) is 10.3 Å². The molecular formula is C14H12N2O2S2. The molecule has 3 aromatic rings. The topological polar surface area (TPSA) is 55.1 Å². The summed E-state index contributed by atoms with van der Waals surface area (Å²) in [7, 11) is 0. The predicted molar refractivity (Wildman–Crippen MR) is 80.2 cm³/mol. The summed E-state index contributed by atoms with van der Waals surface area (Å²) < 4.78 is 5.21. The lowest BCUT2D eigenvalue weighted by Gasteiger charge is -2.00. The molecule has 0 unspecified atom stereocenters. The molecule has 3 aromatic heterocycles. The van der Waals surface area contributed by atoms with Crippen LogP contribution in [0.25, 0.3) is 9.88 Å². The minimum absolute atomic E-state index is 0.143. The van der Waals surface area contributed by atoms with E-state index in [0.717, 1.165) is 15.6 Å². The molecule has 0 bridgehead atoms. The van der Waals surface area contributed by atoms with Crippen LogP contribution >= 0.6 is 22.7 Å². The molecule has 0 aliphatic heterocycles. The first kappa shape index (κ1) is 13.1. The molecule has 0 aliphatic rings. The van der Waals surface area contributed by atoms with Crippen molar-refractivity contribution in [2.24, 2.45) is 0 Å². The lowest BCUT2D eigenvalue weighted by atomic mass is 10.3. The lowest BCUT2D eigenvalue weighted by Crippen LogP contribution is -2.25. The Bertz CT molecular complexity index is 672. The second-order valence-corrected chi connectivity index (χ2v) is 5.91. The van der Waals surface area contributed by atoms with Gasteiger partial charge in [0.2, 0.25) is 0 Å². The largest absolute Gasteiger partial charge is 0.469 e. The van der Waals surface area contributed by atoms with Crippen molar-refractivity contribution in [1.29, 1.82) is 0 Å². The molecule has 1 amide bonds. The van der Waals surface area contributed by atoms with E-state index in [4.69, 9.17) is 4.42 Å². The van der Waals surface area contributed by atoms with Gasteiger partial charge < -0.3 is 9.73 Å². The fraction of sp³-hybridized carbons (Fsp3) is 0.143. The molecule has 1 N–H and O–H groups in total. The molecule has 0 saturated carbocycles. The first-order valence-corrected chi connectivity index (χ1v) is 7.89. The number of hydrogen-bond acceptors (Lipinski definition) is 5. The zero-order valence-electron chi connectivity index (χ0n) is 10.5. The summed E-state index contributed by atoms with van der Waals surface area (Å²) in [5.41, 5.74) is 0.470.